The van der Waals surface area contributed by atoms with Gasteiger partial charge in [0.2, 0.25) is 11.1 Å². The van der Waals surface area contributed by atoms with Gasteiger partial charge < -0.3 is 10.1 Å². The quantitative estimate of drug-likeness (QED) is 0.788. The minimum absolute atomic E-state index is 0.0442. The van der Waals surface area contributed by atoms with Crippen molar-refractivity contribution in [2.45, 2.75) is 68.2 Å². The van der Waals surface area contributed by atoms with E-state index >= 15 is 0 Å². The van der Waals surface area contributed by atoms with E-state index in [0.29, 0.717) is 10.9 Å². The molecule has 5 aliphatic rings. The molecule has 2 heterocycles. The average molecular weight is 362 g/mol. The molecule has 6 rings (SSSR count). The van der Waals surface area contributed by atoms with Gasteiger partial charge in [0, 0.05) is 12.1 Å². The monoisotopic (exact) mass is 362 g/mol. The highest BCUT2D eigenvalue weighted by Crippen LogP contribution is 2.55. The van der Waals surface area contributed by atoms with Gasteiger partial charge >= 0.3 is 0 Å². The van der Waals surface area contributed by atoms with E-state index in [1.54, 1.807) is 0 Å². The number of aromatic nitrogens is 3. The van der Waals surface area contributed by atoms with Crippen LogP contribution in [-0.2, 0) is 9.53 Å². The van der Waals surface area contributed by atoms with Crippen molar-refractivity contribution < 1.29 is 9.53 Å². The second-order valence-corrected chi connectivity index (χ2v) is 9.48. The summed E-state index contributed by atoms with van der Waals surface area (Å²) in [4.78, 5) is 17.0. The van der Waals surface area contributed by atoms with Gasteiger partial charge in [-0.15, -0.1) is 5.10 Å². The maximum atomic E-state index is 12.5. The summed E-state index contributed by atoms with van der Waals surface area (Å²) in [6.07, 6.45) is 9.88. The normalized spacial score (nSPS) is 39.0. The first-order valence-electron chi connectivity index (χ1n) is 9.65. The van der Waals surface area contributed by atoms with Crippen molar-refractivity contribution in [1.29, 1.82) is 0 Å². The Kier molecular flexibility index (Phi) is 4.04. The largest absolute Gasteiger partial charge is 0.370 e. The molecule has 1 atom stereocenters. The number of ether oxygens (including phenoxy) is 1. The molecule has 1 amide bonds. The lowest BCUT2D eigenvalue weighted by atomic mass is 9.53. The minimum atomic E-state index is 0.0442. The number of carbonyl (C=O) groups is 1. The predicted octanol–water partition coefficient (Wildman–Crippen LogP) is 2.83. The summed E-state index contributed by atoms with van der Waals surface area (Å²) in [7, 11) is 0. The molecule has 4 bridgehead atoms. The number of nitrogens with one attached hydrogen (secondary N) is 2. The highest BCUT2D eigenvalue weighted by molar-refractivity contribution is 7.99. The second-order valence-electron chi connectivity index (χ2n) is 8.54. The van der Waals surface area contributed by atoms with E-state index in [0.717, 1.165) is 43.0 Å². The Morgan fingerprint density at radius 1 is 1.24 bits per heavy atom. The molecule has 7 heteroatoms. The number of amides is 1. The average Bonchev–Trinajstić information content (AvgIpc) is 3.22. The van der Waals surface area contributed by atoms with E-state index in [-0.39, 0.29) is 17.6 Å². The molecule has 0 unspecified atom stereocenters. The maximum Gasteiger partial charge on any atom is 0.230 e. The van der Waals surface area contributed by atoms with Gasteiger partial charge in [0.25, 0.3) is 0 Å². The summed E-state index contributed by atoms with van der Waals surface area (Å²) in [5.74, 6) is 3.87. The summed E-state index contributed by atoms with van der Waals surface area (Å²) in [5.41, 5.74) is 0.0915. The molecule has 4 saturated carbocycles. The second kappa shape index (κ2) is 6.27. The molecular weight excluding hydrogens is 336 g/mol. The Balaban J connectivity index is 1.16. The third-order valence-corrected chi connectivity index (χ3v) is 7.34. The lowest BCUT2D eigenvalue weighted by Gasteiger charge is -2.56. The van der Waals surface area contributed by atoms with Gasteiger partial charge in [0.05, 0.1) is 5.75 Å². The van der Waals surface area contributed by atoms with E-state index in [1.807, 2.05) is 0 Å². The fourth-order valence-corrected chi connectivity index (χ4v) is 6.59. The third kappa shape index (κ3) is 3.21. The Bertz CT molecular complexity index is 620. The maximum absolute atomic E-state index is 12.5. The van der Waals surface area contributed by atoms with Crippen molar-refractivity contribution in [2.75, 3.05) is 12.4 Å². The SMILES string of the molecule is O=C(CSc1n[nH]c([C@@H]2CCCO2)n1)NC12CC3CC(CC(C3)C1)C2. The molecule has 5 fully saturated rings. The topological polar surface area (TPSA) is 79.9 Å². The minimum Gasteiger partial charge on any atom is -0.370 e. The summed E-state index contributed by atoms with van der Waals surface area (Å²) in [6.45, 7) is 0.793. The first-order valence-corrected chi connectivity index (χ1v) is 10.6. The Labute approximate surface area is 152 Å². The third-order valence-electron chi connectivity index (χ3n) is 6.49. The summed E-state index contributed by atoms with van der Waals surface area (Å²) < 4.78 is 5.61. The number of H-pyrrole nitrogens is 1. The molecule has 1 aromatic rings. The van der Waals surface area contributed by atoms with Gasteiger partial charge in [-0.25, -0.2) is 4.98 Å². The van der Waals surface area contributed by atoms with E-state index in [9.17, 15) is 4.79 Å². The van der Waals surface area contributed by atoms with Gasteiger partial charge in [0.1, 0.15) is 6.10 Å². The molecule has 0 radical (unpaired) electrons. The Morgan fingerprint density at radius 2 is 1.96 bits per heavy atom. The number of hydrogen-bond donors (Lipinski definition) is 2. The Morgan fingerprint density at radius 3 is 2.60 bits per heavy atom. The smallest absolute Gasteiger partial charge is 0.230 e. The first-order chi connectivity index (χ1) is 12.2. The van der Waals surface area contributed by atoms with Crippen molar-refractivity contribution in [3.8, 4) is 0 Å². The molecule has 2 N–H and O–H groups in total. The van der Waals surface area contributed by atoms with Gasteiger partial charge in [0.15, 0.2) is 5.82 Å². The molecular formula is C18H26N4O2S. The summed E-state index contributed by atoms with van der Waals surface area (Å²) in [6, 6.07) is 0. The van der Waals surface area contributed by atoms with Crippen molar-refractivity contribution in [3.63, 3.8) is 0 Å². The van der Waals surface area contributed by atoms with Crippen LogP contribution in [0.4, 0.5) is 0 Å². The van der Waals surface area contributed by atoms with E-state index in [1.165, 1.54) is 50.3 Å². The lowest BCUT2D eigenvalue weighted by molar-refractivity contribution is -0.124. The zero-order chi connectivity index (χ0) is 16.9. The van der Waals surface area contributed by atoms with E-state index < -0.39 is 0 Å². The zero-order valence-corrected chi connectivity index (χ0v) is 15.3. The van der Waals surface area contributed by atoms with Crippen LogP contribution in [0.1, 0.15) is 63.3 Å². The molecule has 25 heavy (non-hydrogen) atoms. The number of hydrogen-bond acceptors (Lipinski definition) is 5. The van der Waals surface area contributed by atoms with Crippen molar-refractivity contribution in [3.05, 3.63) is 5.82 Å². The highest BCUT2D eigenvalue weighted by Gasteiger charge is 2.51. The standard InChI is InChI=1S/C18H26N4O2S/c23-15(10-25-17-19-16(21-22-17)14-2-1-3-24-14)20-18-7-11-4-12(8-18)6-13(5-11)9-18/h11-14H,1-10H2,(H,20,23)(H,19,21,22)/t11?,12?,13?,14-,18?/m0/s1. The zero-order valence-electron chi connectivity index (χ0n) is 14.5. The molecule has 136 valence electrons. The fraction of sp³-hybridized carbons (Fsp3) is 0.833. The Hall–Kier alpha value is -1.08. The van der Waals surface area contributed by atoms with E-state index in [4.69, 9.17) is 4.74 Å². The molecule has 1 aromatic heterocycles. The van der Waals surface area contributed by atoms with Crippen molar-refractivity contribution in [2.24, 2.45) is 17.8 Å². The van der Waals surface area contributed by atoms with Crippen LogP contribution in [0, 0.1) is 17.8 Å². The molecule has 4 aliphatic carbocycles. The fourth-order valence-electron chi connectivity index (χ4n) is 5.99. The van der Waals surface area contributed by atoms with Gasteiger partial charge in [-0.1, -0.05) is 11.8 Å². The summed E-state index contributed by atoms with van der Waals surface area (Å²) in [5, 5.41) is 11.2. The van der Waals surface area contributed by atoms with Crippen LogP contribution in [0.25, 0.3) is 0 Å². The molecule has 1 saturated heterocycles. The molecule has 0 aromatic carbocycles. The van der Waals surface area contributed by atoms with Gasteiger partial charge in [-0.3, -0.25) is 9.89 Å². The van der Waals surface area contributed by atoms with Crippen LogP contribution >= 0.6 is 11.8 Å². The number of thioether (sulfide) groups is 1. The highest BCUT2D eigenvalue weighted by atomic mass is 32.2. The molecule has 1 aliphatic heterocycles. The summed E-state index contributed by atoms with van der Waals surface area (Å²) >= 11 is 1.42. The van der Waals surface area contributed by atoms with Crippen LogP contribution < -0.4 is 5.32 Å². The number of nitrogens with zero attached hydrogens (tertiary/aromatic N) is 2. The molecule has 0 spiro atoms. The van der Waals surface area contributed by atoms with Gasteiger partial charge in [-0.05, 0) is 69.1 Å². The van der Waals surface area contributed by atoms with Crippen LogP contribution in [-0.4, -0.2) is 39.0 Å². The van der Waals surface area contributed by atoms with Crippen molar-refractivity contribution in [1.82, 2.24) is 20.5 Å². The van der Waals surface area contributed by atoms with Crippen LogP contribution in [0.15, 0.2) is 5.16 Å². The predicted molar refractivity (Wildman–Crippen MR) is 94.1 cm³/mol. The first kappa shape index (κ1) is 16.1. The molecule has 6 nitrogen and oxygen atoms in total. The van der Waals surface area contributed by atoms with E-state index in [2.05, 4.69) is 20.5 Å². The van der Waals surface area contributed by atoms with Crippen molar-refractivity contribution >= 4 is 17.7 Å². The van der Waals surface area contributed by atoms with Gasteiger partial charge in [-0.2, -0.15) is 0 Å². The number of aromatic amines is 1. The number of carbonyl (C=O) groups excluding carboxylic acids is 1. The number of rotatable bonds is 5. The van der Waals surface area contributed by atoms with Crippen LogP contribution in [0.5, 0.6) is 0 Å². The van der Waals surface area contributed by atoms with Crippen LogP contribution in [0.3, 0.4) is 0 Å². The van der Waals surface area contributed by atoms with Crippen LogP contribution in [0.2, 0.25) is 0 Å². The lowest BCUT2D eigenvalue weighted by Crippen LogP contribution is -2.60.